The lowest BCUT2D eigenvalue weighted by molar-refractivity contribution is 0.0965. The maximum absolute atomic E-state index is 12.3. The third kappa shape index (κ3) is 4.82. The van der Waals surface area contributed by atoms with E-state index in [0.717, 1.165) is 36.2 Å². The second-order valence-electron chi connectivity index (χ2n) is 8.03. The number of ether oxygens (including phenoxy) is 1. The molecule has 6 heteroatoms. The molecule has 1 heterocycles. The number of ketones is 1. The minimum Gasteiger partial charge on any atom is -0.507 e. The van der Waals surface area contributed by atoms with Crippen molar-refractivity contribution in [2.45, 2.75) is 53.1 Å². The van der Waals surface area contributed by atoms with Crippen molar-refractivity contribution < 1.29 is 14.6 Å². The zero-order valence-electron chi connectivity index (χ0n) is 18.0. The summed E-state index contributed by atoms with van der Waals surface area (Å²) in [6.07, 6.45) is 2.19. The third-order valence-corrected chi connectivity index (χ3v) is 5.23. The molecule has 3 aromatic rings. The fourth-order valence-electron chi connectivity index (χ4n) is 3.63. The Balaban J connectivity index is 1.56. The number of hydrogen-bond acceptors (Lipinski definition) is 5. The Hall–Kier alpha value is -2.86. The van der Waals surface area contributed by atoms with Crippen molar-refractivity contribution in [2.75, 3.05) is 6.61 Å². The average molecular weight is 410 g/mol. The van der Waals surface area contributed by atoms with Crippen LogP contribution in [-0.2, 0) is 13.1 Å². The molecule has 0 bridgehead atoms. The van der Waals surface area contributed by atoms with Crippen LogP contribution in [0.25, 0.3) is 11.0 Å². The summed E-state index contributed by atoms with van der Waals surface area (Å²) in [4.78, 5) is 16.9. The molecule has 6 nitrogen and oxygen atoms in total. The van der Waals surface area contributed by atoms with Gasteiger partial charge in [-0.05, 0) is 49.9 Å². The highest BCUT2D eigenvalue weighted by Crippen LogP contribution is 2.32. The molecular formula is C24H31N3O3. The van der Waals surface area contributed by atoms with Crippen LogP contribution in [-0.4, -0.2) is 27.0 Å². The van der Waals surface area contributed by atoms with E-state index in [1.54, 1.807) is 19.1 Å². The van der Waals surface area contributed by atoms with Crippen LogP contribution < -0.4 is 10.5 Å². The second-order valence-corrected chi connectivity index (χ2v) is 8.03. The first-order valence-corrected chi connectivity index (χ1v) is 10.5. The zero-order valence-corrected chi connectivity index (χ0v) is 18.0. The molecule has 0 saturated carbocycles. The van der Waals surface area contributed by atoms with E-state index in [9.17, 15) is 9.90 Å². The number of imidazole rings is 1. The number of nitrogens with zero attached hydrogens (tertiary/aromatic N) is 2. The smallest absolute Gasteiger partial charge is 0.166 e. The lowest BCUT2D eigenvalue weighted by Crippen LogP contribution is -2.10. The number of aryl methyl sites for hydroxylation is 1. The molecular weight excluding hydrogens is 378 g/mol. The van der Waals surface area contributed by atoms with Crippen LogP contribution in [0.2, 0.25) is 0 Å². The number of carbonyl (C=O) groups is 1. The number of nitrogens with two attached hydrogens (primary N) is 1. The predicted molar refractivity (Wildman–Crippen MR) is 119 cm³/mol. The van der Waals surface area contributed by atoms with E-state index in [-0.39, 0.29) is 17.5 Å². The molecule has 0 unspecified atom stereocenters. The van der Waals surface area contributed by atoms with Crippen LogP contribution in [0.1, 0.15) is 54.9 Å². The largest absolute Gasteiger partial charge is 0.507 e. The first-order valence-electron chi connectivity index (χ1n) is 10.5. The number of hydrogen-bond donors (Lipinski definition) is 2. The SMILES string of the molecule is Cc1c(OCCCCn2c(CN)nc3ccccc32)ccc(C(=O)CC(C)C)c1O. The Morgan fingerprint density at radius 3 is 2.70 bits per heavy atom. The van der Waals surface area contributed by atoms with Crippen LogP contribution in [0.3, 0.4) is 0 Å². The molecule has 30 heavy (non-hydrogen) atoms. The van der Waals surface area contributed by atoms with Crippen molar-refractivity contribution in [3.05, 3.63) is 53.3 Å². The van der Waals surface area contributed by atoms with Gasteiger partial charge in [-0.3, -0.25) is 4.79 Å². The second kappa shape index (κ2) is 9.76. The Morgan fingerprint density at radius 2 is 1.97 bits per heavy atom. The minimum atomic E-state index is -0.0413. The van der Waals surface area contributed by atoms with Gasteiger partial charge in [0.2, 0.25) is 0 Å². The van der Waals surface area contributed by atoms with Crippen LogP contribution in [0.15, 0.2) is 36.4 Å². The van der Waals surface area contributed by atoms with Crippen molar-refractivity contribution in [1.82, 2.24) is 9.55 Å². The number of phenolic OH excluding ortho intramolecular Hbond substituents is 1. The molecule has 1 aromatic heterocycles. The van der Waals surface area contributed by atoms with Crippen LogP contribution in [0.5, 0.6) is 11.5 Å². The summed E-state index contributed by atoms with van der Waals surface area (Å²) in [6, 6.07) is 11.5. The highest BCUT2D eigenvalue weighted by Gasteiger charge is 2.17. The third-order valence-electron chi connectivity index (χ3n) is 5.23. The van der Waals surface area contributed by atoms with Crippen molar-refractivity contribution in [1.29, 1.82) is 0 Å². The Bertz CT molecular complexity index is 1020. The number of Topliss-reactive ketones (excluding diaryl/α,β-unsaturated/α-hetero) is 1. The van der Waals surface area contributed by atoms with Gasteiger partial charge in [-0.25, -0.2) is 4.98 Å². The van der Waals surface area contributed by atoms with Gasteiger partial charge in [-0.2, -0.15) is 0 Å². The van der Waals surface area contributed by atoms with Gasteiger partial charge in [0.05, 0.1) is 29.7 Å². The zero-order chi connectivity index (χ0) is 21.7. The van der Waals surface area contributed by atoms with Gasteiger partial charge in [0.25, 0.3) is 0 Å². The number of para-hydroxylation sites is 2. The van der Waals surface area contributed by atoms with Crippen LogP contribution in [0, 0.1) is 12.8 Å². The molecule has 0 spiro atoms. The fourth-order valence-corrected chi connectivity index (χ4v) is 3.63. The number of aromatic nitrogens is 2. The number of rotatable bonds is 10. The Labute approximate surface area is 177 Å². The molecule has 0 aliphatic rings. The number of fused-ring (bicyclic) bond motifs is 1. The molecule has 2 aromatic carbocycles. The van der Waals surface area contributed by atoms with E-state index in [0.29, 0.717) is 36.4 Å². The quantitative estimate of drug-likeness (QED) is 0.377. The van der Waals surface area contributed by atoms with E-state index in [1.165, 1.54) is 0 Å². The highest BCUT2D eigenvalue weighted by molar-refractivity contribution is 5.99. The van der Waals surface area contributed by atoms with Gasteiger partial charge in [-0.1, -0.05) is 26.0 Å². The summed E-state index contributed by atoms with van der Waals surface area (Å²) >= 11 is 0. The molecule has 160 valence electrons. The average Bonchev–Trinajstić information content (AvgIpc) is 3.08. The van der Waals surface area contributed by atoms with Gasteiger partial charge >= 0.3 is 0 Å². The summed E-state index contributed by atoms with van der Waals surface area (Å²) in [5.74, 6) is 1.74. The molecule has 0 amide bonds. The van der Waals surface area contributed by atoms with Crippen molar-refractivity contribution in [2.24, 2.45) is 11.7 Å². The van der Waals surface area contributed by atoms with Crippen LogP contribution >= 0.6 is 0 Å². The van der Waals surface area contributed by atoms with E-state index < -0.39 is 0 Å². The summed E-state index contributed by atoms with van der Waals surface area (Å²) in [5, 5.41) is 10.4. The number of benzene rings is 2. The summed E-state index contributed by atoms with van der Waals surface area (Å²) in [7, 11) is 0. The lowest BCUT2D eigenvalue weighted by Gasteiger charge is -2.14. The van der Waals surface area contributed by atoms with E-state index in [4.69, 9.17) is 10.5 Å². The summed E-state index contributed by atoms with van der Waals surface area (Å²) in [5.41, 5.74) is 8.90. The number of unbranched alkanes of at least 4 members (excludes halogenated alkanes) is 1. The van der Waals surface area contributed by atoms with Gasteiger partial charge in [0.1, 0.15) is 17.3 Å². The monoisotopic (exact) mass is 409 g/mol. The highest BCUT2D eigenvalue weighted by atomic mass is 16.5. The maximum atomic E-state index is 12.3. The first-order chi connectivity index (χ1) is 14.4. The molecule has 0 atom stereocenters. The van der Waals surface area contributed by atoms with E-state index in [2.05, 4.69) is 15.6 Å². The molecule has 0 aliphatic carbocycles. The first kappa shape index (κ1) is 21.8. The molecule has 3 rings (SSSR count). The normalized spacial score (nSPS) is 11.4. The van der Waals surface area contributed by atoms with Crippen LogP contribution in [0.4, 0.5) is 0 Å². The molecule has 3 N–H and O–H groups in total. The predicted octanol–water partition coefficient (Wildman–Crippen LogP) is 4.60. The van der Waals surface area contributed by atoms with E-state index in [1.807, 2.05) is 32.0 Å². The van der Waals surface area contributed by atoms with Gasteiger partial charge in [0, 0.05) is 18.5 Å². The molecule has 0 saturated heterocycles. The van der Waals surface area contributed by atoms with Gasteiger partial charge in [0.15, 0.2) is 5.78 Å². The number of carbonyl (C=O) groups excluding carboxylic acids is 1. The van der Waals surface area contributed by atoms with Gasteiger partial charge in [-0.15, -0.1) is 0 Å². The lowest BCUT2D eigenvalue weighted by atomic mass is 9.98. The number of aromatic hydroxyl groups is 1. The van der Waals surface area contributed by atoms with Crippen molar-refractivity contribution >= 4 is 16.8 Å². The Morgan fingerprint density at radius 1 is 1.20 bits per heavy atom. The molecule has 0 fully saturated rings. The standard InChI is InChI=1S/C24H31N3O3/c1-16(2)14-21(28)18-10-11-22(17(3)24(18)29)30-13-7-6-12-27-20-9-5-4-8-19(20)26-23(27)15-25/h4-5,8-11,16,29H,6-7,12-15,25H2,1-3H3. The van der Waals surface area contributed by atoms with Crippen molar-refractivity contribution in [3.63, 3.8) is 0 Å². The maximum Gasteiger partial charge on any atom is 0.166 e. The molecule has 0 aliphatic heterocycles. The summed E-state index contributed by atoms with van der Waals surface area (Å²) < 4.78 is 8.04. The number of phenols is 1. The summed E-state index contributed by atoms with van der Waals surface area (Å²) in [6.45, 7) is 7.52. The van der Waals surface area contributed by atoms with Crippen molar-refractivity contribution in [3.8, 4) is 11.5 Å². The topological polar surface area (TPSA) is 90.4 Å². The molecule has 0 radical (unpaired) electrons. The minimum absolute atomic E-state index is 0.0237. The fraction of sp³-hybridized carbons (Fsp3) is 0.417. The Kier molecular flexibility index (Phi) is 7.11. The van der Waals surface area contributed by atoms with E-state index >= 15 is 0 Å². The van der Waals surface area contributed by atoms with Gasteiger partial charge < -0.3 is 20.1 Å².